The molecule has 8 nitrogen and oxygen atoms in total. The van der Waals surface area contributed by atoms with E-state index in [2.05, 4.69) is 30.8 Å². The van der Waals surface area contributed by atoms with Gasteiger partial charge < -0.3 is 20.1 Å². The lowest BCUT2D eigenvalue weighted by Crippen LogP contribution is -2.51. The first-order valence-electron chi connectivity index (χ1n) is 15.6. The lowest BCUT2D eigenvalue weighted by Gasteiger charge is -2.48. The second-order valence-corrected chi connectivity index (χ2v) is 12.6. The van der Waals surface area contributed by atoms with E-state index < -0.39 is 35.7 Å². The van der Waals surface area contributed by atoms with Crippen molar-refractivity contribution in [1.82, 2.24) is 10.2 Å². The first kappa shape index (κ1) is 34.0. The number of hydrogen-bond acceptors (Lipinski definition) is 5. The van der Waals surface area contributed by atoms with Gasteiger partial charge in [-0.2, -0.15) is 0 Å². The Hall–Kier alpha value is -3.89. The number of amides is 2. The molecule has 1 aliphatic heterocycles. The Morgan fingerprint density at radius 3 is 2.36 bits per heavy atom. The average molecular weight is 630 g/mol. The maximum Gasteiger partial charge on any atom is 0.573 e. The van der Waals surface area contributed by atoms with E-state index in [0.29, 0.717) is 30.7 Å². The molecule has 1 heterocycles. The summed E-state index contributed by atoms with van der Waals surface area (Å²) in [4.78, 5) is 44.6. The Morgan fingerprint density at radius 1 is 1.11 bits per heavy atom. The highest BCUT2D eigenvalue weighted by atomic mass is 19.4. The van der Waals surface area contributed by atoms with Crippen LogP contribution in [0.15, 0.2) is 53.5 Å². The molecule has 0 bridgehead atoms. The number of benzene rings is 2. The lowest BCUT2D eigenvalue weighted by molar-refractivity contribution is -0.274. The van der Waals surface area contributed by atoms with E-state index in [1.54, 1.807) is 30.3 Å². The van der Waals surface area contributed by atoms with Crippen LogP contribution < -0.4 is 10.1 Å². The molecule has 2 amide bonds. The number of halogens is 3. The second kappa shape index (κ2) is 13.6. The number of aliphatic imine (C=N–C) groups is 1. The summed E-state index contributed by atoms with van der Waals surface area (Å²) in [7, 11) is 0. The third kappa shape index (κ3) is 7.86. The number of carbonyl (C=O) groups excluding carboxylic acids is 2. The molecule has 0 aromatic heterocycles. The maximum atomic E-state index is 14.4. The van der Waals surface area contributed by atoms with Crippen molar-refractivity contribution in [1.29, 1.82) is 0 Å². The highest BCUT2D eigenvalue weighted by Crippen LogP contribution is 2.50. The summed E-state index contributed by atoms with van der Waals surface area (Å²) in [5, 5.41) is 11.4. The summed E-state index contributed by atoms with van der Waals surface area (Å²) in [6, 6.07) is 11.9. The van der Waals surface area contributed by atoms with Gasteiger partial charge in [0.05, 0.1) is 12.5 Å². The fraction of sp³-hybridized carbons (Fsp3) is 0.529. The zero-order valence-electron chi connectivity index (χ0n) is 26.2. The minimum absolute atomic E-state index is 0.00430. The van der Waals surface area contributed by atoms with Gasteiger partial charge in [0, 0.05) is 17.7 Å². The summed E-state index contributed by atoms with van der Waals surface area (Å²) >= 11 is 0. The highest BCUT2D eigenvalue weighted by Gasteiger charge is 2.52. The first-order valence-corrected chi connectivity index (χ1v) is 15.6. The van der Waals surface area contributed by atoms with Gasteiger partial charge in [0.1, 0.15) is 17.1 Å². The molecule has 1 spiro atoms. The zero-order valence-corrected chi connectivity index (χ0v) is 26.2. The van der Waals surface area contributed by atoms with Crippen molar-refractivity contribution < 1.29 is 37.4 Å². The van der Waals surface area contributed by atoms with Crippen molar-refractivity contribution in [2.45, 2.75) is 97.1 Å². The number of aliphatic carboxylic acids is 1. The van der Waals surface area contributed by atoms with E-state index >= 15 is 0 Å². The van der Waals surface area contributed by atoms with Crippen molar-refractivity contribution >= 4 is 23.5 Å². The average Bonchev–Trinajstić information content (AvgIpc) is 3.26. The standard InChI is InChI=1S/C34H42F3N3O5/c1-5-8-27(22-11-13-23(14-12-22)30(43)38-20-17-28(41)42)40-31(44)29(24-9-7-10-26(21-24)45-34(35,36)37)39-33(40)18-15-25(16-19-33)32(3,4)6-2/h7,9-14,21,25,27H,5-6,8,15-20H2,1-4H3,(H,38,43)(H,41,42)/t25?,27-,33?/m1/s1. The number of ether oxygens (including phenoxy) is 1. The van der Waals surface area contributed by atoms with Crippen molar-refractivity contribution in [3.05, 3.63) is 65.2 Å². The third-order valence-corrected chi connectivity index (χ3v) is 9.39. The predicted octanol–water partition coefficient (Wildman–Crippen LogP) is 7.29. The van der Waals surface area contributed by atoms with E-state index in [-0.39, 0.29) is 35.6 Å². The van der Waals surface area contributed by atoms with Gasteiger partial charge >= 0.3 is 12.3 Å². The normalized spacial score (nSPS) is 21.0. The molecular formula is C34H42F3N3O5. The van der Waals surface area contributed by atoms with Crippen molar-refractivity contribution in [2.75, 3.05) is 6.54 Å². The summed E-state index contributed by atoms with van der Waals surface area (Å²) < 4.78 is 43.2. The summed E-state index contributed by atoms with van der Waals surface area (Å²) in [5.74, 6) is -1.73. The molecule has 1 atom stereocenters. The van der Waals surface area contributed by atoms with Crippen LogP contribution in [0.5, 0.6) is 5.75 Å². The maximum absolute atomic E-state index is 14.4. The molecule has 1 fully saturated rings. The lowest BCUT2D eigenvalue weighted by atomic mass is 9.67. The third-order valence-electron chi connectivity index (χ3n) is 9.39. The van der Waals surface area contributed by atoms with Gasteiger partial charge in [0.25, 0.3) is 11.8 Å². The number of hydrogen-bond donors (Lipinski definition) is 2. The number of carbonyl (C=O) groups is 3. The molecule has 2 aliphatic rings. The second-order valence-electron chi connectivity index (χ2n) is 12.6. The topological polar surface area (TPSA) is 108 Å². The fourth-order valence-corrected chi connectivity index (χ4v) is 6.54. The van der Waals surface area contributed by atoms with Crippen LogP contribution >= 0.6 is 0 Å². The Morgan fingerprint density at radius 2 is 1.78 bits per heavy atom. The van der Waals surface area contributed by atoms with E-state index in [9.17, 15) is 27.6 Å². The number of carboxylic acids is 1. The minimum atomic E-state index is -4.87. The molecule has 11 heteroatoms. The van der Waals surface area contributed by atoms with Crippen LogP contribution in [-0.2, 0) is 9.59 Å². The fourth-order valence-electron chi connectivity index (χ4n) is 6.54. The molecule has 45 heavy (non-hydrogen) atoms. The molecule has 4 rings (SSSR count). The van der Waals surface area contributed by atoms with E-state index in [1.165, 1.54) is 18.2 Å². The Bertz CT molecular complexity index is 1410. The molecule has 2 N–H and O–H groups in total. The van der Waals surface area contributed by atoms with Crippen LogP contribution in [0, 0.1) is 11.3 Å². The summed E-state index contributed by atoms with van der Waals surface area (Å²) in [6.45, 7) is 8.71. The molecule has 0 saturated heterocycles. The molecule has 1 saturated carbocycles. The van der Waals surface area contributed by atoms with Crippen LogP contribution in [0.4, 0.5) is 13.2 Å². The SMILES string of the molecule is CCC[C@H](c1ccc(C(=O)NCCC(=O)O)cc1)N1C(=O)C(c2cccc(OC(F)(F)F)c2)=NC12CCC(C(C)(C)CC)CC2. The zero-order chi connectivity index (χ0) is 33.0. The molecule has 0 radical (unpaired) electrons. The first-order chi connectivity index (χ1) is 21.2. The van der Waals surface area contributed by atoms with E-state index in [0.717, 1.165) is 31.2 Å². The van der Waals surface area contributed by atoms with Gasteiger partial charge in [0.15, 0.2) is 0 Å². The Balaban J connectivity index is 1.70. The van der Waals surface area contributed by atoms with Crippen LogP contribution in [0.25, 0.3) is 0 Å². The predicted molar refractivity (Wildman–Crippen MR) is 164 cm³/mol. The minimum Gasteiger partial charge on any atom is -0.481 e. The molecule has 2 aromatic carbocycles. The van der Waals surface area contributed by atoms with Crippen LogP contribution in [0.1, 0.15) is 107 Å². The van der Waals surface area contributed by atoms with Gasteiger partial charge in [0.2, 0.25) is 0 Å². The number of rotatable bonds is 12. The summed E-state index contributed by atoms with van der Waals surface area (Å²) in [5.41, 5.74) is 0.819. The van der Waals surface area contributed by atoms with E-state index in [4.69, 9.17) is 10.1 Å². The molecule has 244 valence electrons. The van der Waals surface area contributed by atoms with Gasteiger partial charge in [-0.25, -0.2) is 0 Å². The van der Waals surface area contributed by atoms with Crippen LogP contribution in [-0.4, -0.2) is 52.1 Å². The monoisotopic (exact) mass is 629 g/mol. The highest BCUT2D eigenvalue weighted by molar-refractivity contribution is 6.46. The number of carboxylic acid groups (broad SMARTS) is 1. The van der Waals surface area contributed by atoms with Gasteiger partial charge in [-0.15, -0.1) is 13.2 Å². The number of nitrogens with zero attached hydrogens (tertiary/aromatic N) is 2. The number of alkyl halides is 3. The van der Waals surface area contributed by atoms with E-state index in [1.807, 2.05) is 11.8 Å². The van der Waals surface area contributed by atoms with Crippen molar-refractivity contribution in [3.63, 3.8) is 0 Å². The number of nitrogens with one attached hydrogen (secondary N) is 1. The van der Waals surface area contributed by atoms with Crippen LogP contribution in [0.3, 0.4) is 0 Å². The molecule has 2 aromatic rings. The Labute approximate surface area is 262 Å². The van der Waals surface area contributed by atoms with Gasteiger partial charge in [-0.1, -0.05) is 64.8 Å². The molecule has 1 aliphatic carbocycles. The van der Waals surface area contributed by atoms with Crippen LogP contribution in [0.2, 0.25) is 0 Å². The summed E-state index contributed by atoms with van der Waals surface area (Å²) in [6.07, 6.45) is 0.273. The van der Waals surface area contributed by atoms with Gasteiger partial charge in [-0.05, 0) is 73.3 Å². The molecule has 0 unspecified atom stereocenters. The largest absolute Gasteiger partial charge is 0.573 e. The quantitative estimate of drug-likeness (QED) is 0.257. The van der Waals surface area contributed by atoms with Gasteiger partial charge in [-0.3, -0.25) is 19.4 Å². The smallest absolute Gasteiger partial charge is 0.481 e. The Kier molecular flexibility index (Phi) is 10.3. The molecular weight excluding hydrogens is 587 g/mol. The van der Waals surface area contributed by atoms with Crippen molar-refractivity contribution in [2.24, 2.45) is 16.3 Å². The van der Waals surface area contributed by atoms with Crippen molar-refractivity contribution in [3.8, 4) is 5.75 Å².